The number of hydrogen-bond acceptors (Lipinski definition) is 4. The van der Waals surface area contributed by atoms with Gasteiger partial charge in [-0.2, -0.15) is 13.2 Å². The standard InChI is InChI=1S/C20H29F3O4/c1-4-18(3,11-26-16(24)12(2)20(21,22)23)17(25)27-19-8-13-5-14(9-19)7-15(6-13)10-19/h12-15H,4-11H2,1-3H3. The molecule has 0 radical (unpaired) electrons. The molecule has 154 valence electrons. The van der Waals surface area contributed by atoms with Gasteiger partial charge in [-0.3, -0.25) is 9.59 Å². The van der Waals surface area contributed by atoms with Crippen molar-refractivity contribution in [2.45, 2.75) is 77.5 Å². The van der Waals surface area contributed by atoms with Crippen molar-refractivity contribution in [3.63, 3.8) is 0 Å². The van der Waals surface area contributed by atoms with Gasteiger partial charge in [0.2, 0.25) is 0 Å². The zero-order valence-corrected chi connectivity index (χ0v) is 16.2. The summed E-state index contributed by atoms with van der Waals surface area (Å²) in [7, 11) is 0. The number of halogens is 3. The van der Waals surface area contributed by atoms with E-state index < -0.39 is 41.7 Å². The molecule has 7 heteroatoms. The topological polar surface area (TPSA) is 52.6 Å². The zero-order chi connectivity index (χ0) is 20.0. The molecule has 0 N–H and O–H groups in total. The zero-order valence-electron chi connectivity index (χ0n) is 16.2. The van der Waals surface area contributed by atoms with Crippen LogP contribution in [-0.4, -0.2) is 30.3 Å². The van der Waals surface area contributed by atoms with Crippen molar-refractivity contribution in [1.82, 2.24) is 0 Å². The minimum Gasteiger partial charge on any atom is -0.464 e. The van der Waals surface area contributed by atoms with Crippen LogP contribution in [0.2, 0.25) is 0 Å². The van der Waals surface area contributed by atoms with Gasteiger partial charge in [0.15, 0.2) is 0 Å². The Balaban J connectivity index is 1.62. The van der Waals surface area contributed by atoms with Crippen LogP contribution in [0.1, 0.15) is 65.7 Å². The van der Waals surface area contributed by atoms with Gasteiger partial charge in [-0.15, -0.1) is 0 Å². The summed E-state index contributed by atoms with van der Waals surface area (Å²) in [6, 6.07) is 0. The molecule has 27 heavy (non-hydrogen) atoms. The van der Waals surface area contributed by atoms with Crippen LogP contribution in [-0.2, 0) is 19.1 Å². The number of carbonyl (C=O) groups is 2. The van der Waals surface area contributed by atoms with Gasteiger partial charge >= 0.3 is 18.1 Å². The first-order chi connectivity index (χ1) is 12.5. The number of alkyl halides is 3. The summed E-state index contributed by atoms with van der Waals surface area (Å²) in [6.45, 7) is 3.72. The molecular formula is C20H29F3O4. The van der Waals surface area contributed by atoms with E-state index >= 15 is 0 Å². The Labute approximate surface area is 158 Å². The van der Waals surface area contributed by atoms with Gasteiger partial charge < -0.3 is 9.47 Å². The number of ether oxygens (including phenoxy) is 2. The lowest BCUT2D eigenvalue weighted by molar-refractivity contribution is -0.204. The predicted octanol–water partition coefficient (Wildman–Crippen LogP) is 4.66. The molecule has 4 rings (SSSR count). The summed E-state index contributed by atoms with van der Waals surface area (Å²) < 4.78 is 48.9. The lowest BCUT2D eigenvalue weighted by Crippen LogP contribution is -2.54. The van der Waals surface area contributed by atoms with Gasteiger partial charge in [0, 0.05) is 0 Å². The van der Waals surface area contributed by atoms with Crippen LogP contribution in [0.5, 0.6) is 0 Å². The third-order valence-corrected chi connectivity index (χ3v) is 6.94. The molecule has 0 saturated heterocycles. The van der Waals surface area contributed by atoms with E-state index in [1.807, 2.05) is 0 Å². The van der Waals surface area contributed by atoms with Crippen LogP contribution >= 0.6 is 0 Å². The molecule has 0 aromatic carbocycles. The van der Waals surface area contributed by atoms with E-state index in [9.17, 15) is 22.8 Å². The molecule has 4 fully saturated rings. The molecule has 2 unspecified atom stereocenters. The smallest absolute Gasteiger partial charge is 0.401 e. The Kier molecular flexibility index (Phi) is 5.28. The Hall–Kier alpha value is -1.27. The summed E-state index contributed by atoms with van der Waals surface area (Å²) in [6.07, 6.45) is 1.98. The maximum atomic E-state index is 12.9. The SMILES string of the molecule is CCC(C)(COC(=O)C(C)C(F)(F)F)C(=O)OC12CC3CC(CC(C3)C1)C2. The summed E-state index contributed by atoms with van der Waals surface area (Å²) >= 11 is 0. The molecule has 0 amide bonds. The van der Waals surface area contributed by atoms with Crippen LogP contribution < -0.4 is 0 Å². The quantitative estimate of drug-likeness (QED) is 0.619. The molecule has 2 atom stereocenters. The Morgan fingerprint density at radius 1 is 1.07 bits per heavy atom. The maximum Gasteiger partial charge on any atom is 0.401 e. The molecule has 4 aliphatic carbocycles. The third-order valence-electron chi connectivity index (χ3n) is 6.94. The van der Waals surface area contributed by atoms with Crippen LogP contribution in [0.3, 0.4) is 0 Å². The van der Waals surface area contributed by atoms with E-state index in [4.69, 9.17) is 9.47 Å². The Morgan fingerprint density at radius 3 is 1.96 bits per heavy atom. The average molecular weight is 390 g/mol. The lowest BCUT2D eigenvalue weighted by Gasteiger charge is -2.56. The third kappa shape index (κ3) is 4.11. The molecule has 0 heterocycles. The Morgan fingerprint density at radius 2 is 1.56 bits per heavy atom. The largest absolute Gasteiger partial charge is 0.464 e. The average Bonchev–Trinajstić information content (AvgIpc) is 2.56. The van der Waals surface area contributed by atoms with Crippen molar-refractivity contribution < 1.29 is 32.2 Å². The van der Waals surface area contributed by atoms with Crippen LogP contribution in [0.25, 0.3) is 0 Å². The monoisotopic (exact) mass is 390 g/mol. The molecule has 4 saturated carbocycles. The number of esters is 2. The van der Waals surface area contributed by atoms with Gasteiger partial charge in [-0.25, -0.2) is 0 Å². The van der Waals surface area contributed by atoms with Crippen LogP contribution in [0, 0.1) is 29.1 Å². The highest BCUT2D eigenvalue weighted by molar-refractivity contribution is 5.78. The number of carbonyl (C=O) groups excluding carboxylic acids is 2. The van der Waals surface area contributed by atoms with Crippen molar-refractivity contribution >= 4 is 11.9 Å². The predicted molar refractivity (Wildman–Crippen MR) is 91.6 cm³/mol. The van der Waals surface area contributed by atoms with E-state index in [0.29, 0.717) is 24.2 Å². The fraction of sp³-hybridized carbons (Fsp3) is 0.900. The molecular weight excluding hydrogens is 361 g/mol. The highest BCUT2D eigenvalue weighted by Crippen LogP contribution is 2.57. The van der Waals surface area contributed by atoms with E-state index in [2.05, 4.69) is 0 Å². The van der Waals surface area contributed by atoms with Crippen molar-refractivity contribution in [1.29, 1.82) is 0 Å². The van der Waals surface area contributed by atoms with Crippen LogP contribution in [0.15, 0.2) is 0 Å². The molecule has 0 aliphatic heterocycles. The van der Waals surface area contributed by atoms with Gasteiger partial charge in [-0.1, -0.05) is 6.92 Å². The molecule has 0 aromatic heterocycles. The second-order valence-corrected chi connectivity index (χ2v) is 9.28. The normalized spacial score (nSPS) is 35.4. The number of rotatable bonds is 6. The molecule has 4 bridgehead atoms. The van der Waals surface area contributed by atoms with E-state index in [1.54, 1.807) is 13.8 Å². The molecule has 0 spiro atoms. The van der Waals surface area contributed by atoms with Gasteiger partial charge in [0.25, 0.3) is 0 Å². The van der Waals surface area contributed by atoms with E-state index in [1.165, 1.54) is 19.3 Å². The van der Waals surface area contributed by atoms with E-state index in [-0.39, 0.29) is 0 Å². The van der Waals surface area contributed by atoms with Crippen molar-refractivity contribution in [2.75, 3.05) is 6.61 Å². The second-order valence-electron chi connectivity index (χ2n) is 9.28. The summed E-state index contributed by atoms with van der Waals surface area (Å²) in [4.78, 5) is 24.6. The first kappa shape index (κ1) is 20.5. The van der Waals surface area contributed by atoms with Crippen molar-refractivity contribution in [3.05, 3.63) is 0 Å². The van der Waals surface area contributed by atoms with Crippen LogP contribution in [0.4, 0.5) is 13.2 Å². The summed E-state index contributed by atoms with van der Waals surface area (Å²) in [5.74, 6) is -2.19. The van der Waals surface area contributed by atoms with Gasteiger partial charge in [-0.05, 0) is 76.5 Å². The fourth-order valence-corrected chi connectivity index (χ4v) is 5.27. The fourth-order valence-electron chi connectivity index (χ4n) is 5.27. The minimum atomic E-state index is -4.65. The Bertz CT molecular complexity index is 565. The summed E-state index contributed by atoms with van der Waals surface area (Å²) in [5.41, 5.74) is -1.56. The van der Waals surface area contributed by atoms with Crippen molar-refractivity contribution in [3.8, 4) is 0 Å². The highest BCUT2D eigenvalue weighted by Gasteiger charge is 2.54. The van der Waals surface area contributed by atoms with Gasteiger partial charge in [0.1, 0.15) is 18.1 Å². The second kappa shape index (κ2) is 6.96. The summed E-state index contributed by atoms with van der Waals surface area (Å²) in [5, 5.41) is 0. The first-order valence-electron chi connectivity index (χ1n) is 9.93. The molecule has 4 nitrogen and oxygen atoms in total. The molecule has 4 aliphatic rings. The van der Waals surface area contributed by atoms with Gasteiger partial charge in [0.05, 0.1) is 5.41 Å². The molecule has 0 aromatic rings. The lowest BCUT2D eigenvalue weighted by atomic mass is 9.54. The van der Waals surface area contributed by atoms with E-state index in [0.717, 1.165) is 26.2 Å². The number of hydrogen-bond donors (Lipinski definition) is 0. The minimum absolute atomic E-state index is 0.325. The van der Waals surface area contributed by atoms with Crippen molar-refractivity contribution in [2.24, 2.45) is 29.1 Å². The highest BCUT2D eigenvalue weighted by atomic mass is 19.4. The first-order valence-corrected chi connectivity index (χ1v) is 9.93. The maximum absolute atomic E-state index is 12.9.